The zero-order chi connectivity index (χ0) is 12.0. The monoisotopic (exact) mass is 228 g/mol. The largest absolute Gasteiger partial charge is 0.409 e. The molecule has 16 heavy (non-hydrogen) atoms. The predicted molar refractivity (Wildman–Crippen MR) is 65.7 cm³/mol. The van der Waals surface area contributed by atoms with Gasteiger partial charge in [0.1, 0.15) is 5.84 Å². The molecule has 4 N–H and O–H groups in total. The normalized spacial score (nSPS) is 19.1. The summed E-state index contributed by atoms with van der Waals surface area (Å²) in [6, 6.07) is 0. The lowest BCUT2D eigenvalue weighted by Crippen LogP contribution is -2.30. The summed E-state index contributed by atoms with van der Waals surface area (Å²) in [6.45, 7) is 3.13. The van der Waals surface area contributed by atoms with Crippen LogP contribution in [0.1, 0.15) is 25.7 Å². The number of hydrogen-bond donors (Lipinski definition) is 3. The molecule has 0 atom stereocenters. The summed E-state index contributed by atoms with van der Waals surface area (Å²) in [4.78, 5) is 2.19. The Morgan fingerprint density at radius 3 is 2.69 bits per heavy atom. The topological polar surface area (TPSA) is 73.9 Å². The molecule has 0 spiro atoms. The van der Waals surface area contributed by atoms with Gasteiger partial charge in [-0.3, -0.25) is 0 Å². The van der Waals surface area contributed by atoms with Crippen molar-refractivity contribution in [1.29, 1.82) is 0 Å². The summed E-state index contributed by atoms with van der Waals surface area (Å²) in [6.07, 6.45) is 4.24. The molecule has 0 aromatic rings. The molecule has 0 heterocycles. The SMILES string of the molecule is CN(C)CCCNCC1(CC(N)=NO)CC1. The Morgan fingerprint density at radius 2 is 2.19 bits per heavy atom. The first-order chi connectivity index (χ1) is 7.58. The third-order valence-corrected chi connectivity index (χ3v) is 3.10. The summed E-state index contributed by atoms with van der Waals surface area (Å²) >= 11 is 0. The molecule has 0 aromatic heterocycles. The maximum atomic E-state index is 8.53. The van der Waals surface area contributed by atoms with Crippen LogP contribution in [0.3, 0.4) is 0 Å². The molecule has 0 aliphatic heterocycles. The standard InChI is InChI=1S/C11H24N4O/c1-15(2)7-3-6-13-9-11(4-5-11)8-10(12)14-16/h13,16H,3-9H2,1-2H3,(H2,12,14). The number of nitrogens with one attached hydrogen (secondary N) is 1. The van der Waals surface area contributed by atoms with Crippen molar-refractivity contribution in [3.05, 3.63) is 0 Å². The van der Waals surface area contributed by atoms with Crippen LogP contribution in [0.2, 0.25) is 0 Å². The Labute approximate surface area is 97.7 Å². The van der Waals surface area contributed by atoms with Gasteiger partial charge >= 0.3 is 0 Å². The van der Waals surface area contributed by atoms with Crippen LogP contribution < -0.4 is 11.1 Å². The second-order valence-electron chi connectivity index (χ2n) is 5.10. The van der Waals surface area contributed by atoms with E-state index in [0.29, 0.717) is 12.3 Å². The molecule has 0 radical (unpaired) electrons. The van der Waals surface area contributed by atoms with Crippen molar-refractivity contribution < 1.29 is 5.21 Å². The lowest BCUT2D eigenvalue weighted by molar-refractivity contribution is 0.314. The van der Waals surface area contributed by atoms with Crippen LogP contribution in [0.25, 0.3) is 0 Å². The molecule has 0 unspecified atom stereocenters. The Hall–Kier alpha value is -0.810. The van der Waals surface area contributed by atoms with E-state index in [1.165, 1.54) is 12.8 Å². The van der Waals surface area contributed by atoms with Crippen LogP contribution in [0, 0.1) is 5.41 Å². The van der Waals surface area contributed by atoms with Crippen LogP contribution in [-0.4, -0.2) is 49.7 Å². The van der Waals surface area contributed by atoms with Gasteiger partial charge in [0.2, 0.25) is 0 Å². The van der Waals surface area contributed by atoms with Gasteiger partial charge in [-0.15, -0.1) is 0 Å². The first-order valence-corrected chi connectivity index (χ1v) is 5.90. The third-order valence-electron chi connectivity index (χ3n) is 3.10. The highest BCUT2D eigenvalue weighted by Crippen LogP contribution is 2.48. The molecule has 1 saturated carbocycles. The minimum absolute atomic E-state index is 0.272. The molecule has 0 saturated heterocycles. The number of oxime groups is 1. The van der Waals surface area contributed by atoms with Gasteiger partial charge in [-0.05, 0) is 51.9 Å². The fraction of sp³-hybridized carbons (Fsp3) is 0.909. The second-order valence-corrected chi connectivity index (χ2v) is 5.10. The van der Waals surface area contributed by atoms with Gasteiger partial charge in [0.25, 0.3) is 0 Å². The minimum Gasteiger partial charge on any atom is -0.409 e. The molecule has 5 nitrogen and oxygen atoms in total. The predicted octanol–water partition coefficient (Wildman–Crippen LogP) is 0.444. The Morgan fingerprint density at radius 1 is 1.50 bits per heavy atom. The number of hydrogen-bond acceptors (Lipinski definition) is 4. The van der Waals surface area contributed by atoms with Crippen molar-refractivity contribution in [2.24, 2.45) is 16.3 Å². The molecule has 0 aromatic carbocycles. The summed E-state index contributed by atoms with van der Waals surface area (Å²) in [5, 5.41) is 15.0. The molecule has 1 aliphatic carbocycles. The van der Waals surface area contributed by atoms with E-state index in [2.05, 4.69) is 29.5 Å². The van der Waals surface area contributed by atoms with Crippen LogP contribution in [0.5, 0.6) is 0 Å². The highest BCUT2D eigenvalue weighted by atomic mass is 16.4. The smallest absolute Gasteiger partial charge is 0.139 e. The van der Waals surface area contributed by atoms with E-state index in [1.807, 2.05) is 0 Å². The van der Waals surface area contributed by atoms with Gasteiger partial charge in [-0.1, -0.05) is 5.16 Å². The van der Waals surface area contributed by atoms with Crippen molar-refractivity contribution in [2.45, 2.75) is 25.7 Å². The summed E-state index contributed by atoms with van der Waals surface area (Å²) in [5.74, 6) is 0.354. The molecule has 1 rings (SSSR count). The zero-order valence-electron chi connectivity index (χ0n) is 10.4. The maximum absolute atomic E-state index is 8.53. The van der Waals surface area contributed by atoms with Crippen LogP contribution >= 0.6 is 0 Å². The van der Waals surface area contributed by atoms with Crippen molar-refractivity contribution in [3.63, 3.8) is 0 Å². The van der Waals surface area contributed by atoms with Gasteiger partial charge in [0.15, 0.2) is 0 Å². The van der Waals surface area contributed by atoms with Gasteiger partial charge in [0.05, 0.1) is 0 Å². The molecule has 1 aliphatic rings. The molecule has 0 bridgehead atoms. The van der Waals surface area contributed by atoms with Crippen molar-refractivity contribution in [2.75, 3.05) is 33.7 Å². The van der Waals surface area contributed by atoms with E-state index < -0.39 is 0 Å². The first kappa shape index (κ1) is 13.3. The molecular formula is C11H24N4O. The fourth-order valence-electron chi connectivity index (χ4n) is 1.89. The van der Waals surface area contributed by atoms with E-state index in [-0.39, 0.29) is 5.41 Å². The third kappa shape index (κ3) is 4.81. The average molecular weight is 228 g/mol. The van der Waals surface area contributed by atoms with Gasteiger partial charge in [-0.25, -0.2) is 0 Å². The van der Waals surface area contributed by atoms with E-state index in [4.69, 9.17) is 10.9 Å². The number of amidine groups is 1. The summed E-state index contributed by atoms with van der Waals surface area (Å²) in [5.41, 5.74) is 5.81. The maximum Gasteiger partial charge on any atom is 0.139 e. The van der Waals surface area contributed by atoms with Crippen molar-refractivity contribution in [3.8, 4) is 0 Å². The highest BCUT2D eigenvalue weighted by molar-refractivity contribution is 5.80. The Kier molecular flexibility index (Phi) is 5.02. The lowest BCUT2D eigenvalue weighted by atomic mass is 10.0. The van der Waals surface area contributed by atoms with Gasteiger partial charge in [0, 0.05) is 13.0 Å². The molecule has 1 fully saturated rings. The molecule has 94 valence electrons. The van der Waals surface area contributed by atoms with Crippen LogP contribution in [0.4, 0.5) is 0 Å². The van der Waals surface area contributed by atoms with E-state index in [0.717, 1.165) is 26.1 Å². The highest BCUT2D eigenvalue weighted by Gasteiger charge is 2.42. The van der Waals surface area contributed by atoms with Crippen LogP contribution in [0.15, 0.2) is 5.16 Å². The number of nitrogens with two attached hydrogens (primary N) is 1. The molecule has 0 amide bonds. The Balaban J connectivity index is 2.08. The molecule has 5 heteroatoms. The number of nitrogens with zero attached hydrogens (tertiary/aromatic N) is 2. The summed E-state index contributed by atoms with van der Waals surface area (Å²) in [7, 11) is 4.17. The van der Waals surface area contributed by atoms with Crippen molar-refractivity contribution in [1.82, 2.24) is 10.2 Å². The van der Waals surface area contributed by atoms with E-state index in [9.17, 15) is 0 Å². The summed E-state index contributed by atoms with van der Waals surface area (Å²) < 4.78 is 0. The lowest BCUT2D eigenvalue weighted by Gasteiger charge is -2.15. The molecular weight excluding hydrogens is 204 g/mol. The van der Waals surface area contributed by atoms with Crippen molar-refractivity contribution >= 4 is 5.84 Å². The Bertz CT molecular complexity index is 236. The van der Waals surface area contributed by atoms with Crippen LogP contribution in [-0.2, 0) is 0 Å². The first-order valence-electron chi connectivity index (χ1n) is 5.90. The quantitative estimate of drug-likeness (QED) is 0.185. The zero-order valence-corrected chi connectivity index (χ0v) is 10.4. The second kappa shape index (κ2) is 6.06. The van der Waals surface area contributed by atoms with Gasteiger partial charge in [-0.2, -0.15) is 0 Å². The van der Waals surface area contributed by atoms with E-state index >= 15 is 0 Å². The van der Waals surface area contributed by atoms with E-state index in [1.54, 1.807) is 0 Å². The number of rotatable bonds is 8. The minimum atomic E-state index is 0.272. The average Bonchev–Trinajstić information content (AvgIpc) is 2.97. The van der Waals surface area contributed by atoms with Gasteiger partial charge < -0.3 is 21.2 Å². The fourth-order valence-corrected chi connectivity index (χ4v) is 1.89.